The summed E-state index contributed by atoms with van der Waals surface area (Å²) in [6.45, 7) is 6.01. The van der Waals surface area contributed by atoms with Crippen LogP contribution in [0.2, 0.25) is 0 Å². The van der Waals surface area contributed by atoms with Crippen molar-refractivity contribution in [2.45, 2.75) is 33.4 Å². The predicted molar refractivity (Wildman–Crippen MR) is 52.9 cm³/mol. The van der Waals surface area contributed by atoms with E-state index in [-0.39, 0.29) is 17.6 Å². The van der Waals surface area contributed by atoms with Gasteiger partial charge in [-0.05, 0) is 5.41 Å². The molecule has 0 amide bonds. The summed E-state index contributed by atoms with van der Waals surface area (Å²) in [6, 6.07) is 0. The lowest BCUT2D eigenvalue weighted by Crippen LogP contribution is -2.35. The Morgan fingerprint density at radius 1 is 1.57 bits per heavy atom. The summed E-state index contributed by atoms with van der Waals surface area (Å²) in [5.41, 5.74) is -0.440. The van der Waals surface area contributed by atoms with Crippen molar-refractivity contribution in [2.75, 3.05) is 0 Å². The van der Waals surface area contributed by atoms with Gasteiger partial charge >= 0.3 is 5.69 Å². The first-order valence-electron chi connectivity index (χ1n) is 4.59. The Hall–Kier alpha value is -1.10. The Morgan fingerprint density at radius 3 is 2.50 bits per heavy atom. The topological polar surface area (TPSA) is 60.1 Å². The smallest absolute Gasteiger partial charge is 0.345 e. The van der Waals surface area contributed by atoms with Crippen LogP contribution in [0.25, 0.3) is 0 Å². The number of aryl methyl sites for hydroxylation is 1. The molecule has 1 aromatic heterocycles. The zero-order chi connectivity index (χ0) is 10.9. The van der Waals surface area contributed by atoms with Crippen LogP contribution in [-0.2, 0) is 13.6 Å². The molecule has 1 heterocycles. The summed E-state index contributed by atoms with van der Waals surface area (Å²) in [6.07, 6.45) is 0.868. The van der Waals surface area contributed by atoms with E-state index in [1.54, 1.807) is 7.05 Å². The average molecular weight is 199 g/mol. The summed E-state index contributed by atoms with van der Waals surface area (Å²) >= 11 is 0. The van der Waals surface area contributed by atoms with Gasteiger partial charge in [-0.1, -0.05) is 20.8 Å². The number of aliphatic hydroxyl groups is 1. The van der Waals surface area contributed by atoms with Gasteiger partial charge in [-0.15, -0.1) is 0 Å². The molecule has 1 atom stereocenters. The average Bonchev–Trinajstić information content (AvgIpc) is 2.34. The number of hydrogen-bond donors (Lipinski definition) is 1. The van der Waals surface area contributed by atoms with Crippen molar-refractivity contribution in [2.24, 2.45) is 12.5 Å². The number of rotatable bonds is 2. The molecular formula is C9H17N3O2. The largest absolute Gasteiger partial charge is 0.391 e. The van der Waals surface area contributed by atoms with E-state index in [0.717, 1.165) is 0 Å². The monoisotopic (exact) mass is 199 g/mol. The van der Waals surface area contributed by atoms with Crippen LogP contribution in [0, 0.1) is 5.41 Å². The summed E-state index contributed by atoms with van der Waals surface area (Å²) < 4.78 is 2.66. The van der Waals surface area contributed by atoms with Crippen molar-refractivity contribution < 1.29 is 5.11 Å². The van der Waals surface area contributed by atoms with Crippen LogP contribution in [0.15, 0.2) is 11.1 Å². The highest BCUT2D eigenvalue weighted by Crippen LogP contribution is 2.19. The van der Waals surface area contributed by atoms with Gasteiger partial charge in [0.25, 0.3) is 0 Å². The quantitative estimate of drug-likeness (QED) is 0.728. The molecule has 0 saturated heterocycles. The molecule has 1 N–H and O–H groups in total. The van der Waals surface area contributed by atoms with Crippen LogP contribution in [0.4, 0.5) is 0 Å². The Labute approximate surface area is 83.0 Å². The predicted octanol–water partition coefficient (Wildman–Crippen LogP) is -0.0112. The van der Waals surface area contributed by atoms with Crippen LogP contribution in [0.5, 0.6) is 0 Å². The molecule has 0 aromatic carbocycles. The number of hydrogen-bond acceptors (Lipinski definition) is 3. The fraction of sp³-hybridized carbons (Fsp3) is 0.778. The van der Waals surface area contributed by atoms with E-state index in [1.165, 1.54) is 15.6 Å². The molecule has 14 heavy (non-hydrogen) atoms. The zero-order valence-corrected chi connectivity index (χ0v) is 9.06. The third-order valence-electron chi connectivity index (χ3n) is 2.23. The van der Waals surface area contributed by atoms with Gasteiger partial charge in [0.1, 0.15) is 6.33 Å². The minimum absolute atomic E-state index is 0.201. The van der Waals surface area contributed by atoms with Crippen LogP contribution in [-0.4, -0.2) is 25.6 Å². The first kappa shape index (κ1) is 11.0. The third-order valence-corrected chi connectivity index (χ3v) is 2.23. The summed E-state index contributed by atoms with van der Waals surface area (Å²) in [4.78, 5) is 11.4. The summed E-state index contributed by atoms with van der Waals surface area (Å²) in [5.74, 6) is 0. The normalized spacial score (nSPS) is 14.4. The molecule has 80 valence electrons. The maximum atomic E-state index is 11.4. The molecule has 1 rings (SSSR count). The highest BCUT2D eigenvalue weighted by atomic mass is 16.3. The highest BCUT2D eigenvalue weighted by Gasteiger charge is 2.23. The van der Waals surface area contributed by atoms with Crippen molar-refractivity contribution in [3.8, 4) is 0 Å². The Kier molecular flexibility index (Phi) is 2.80. The number of aromatic nitrogens is 3. The molecule has 0 saturated carbocycles. The molecular weight excluding hydrogens is 182 g/mol. The van der Waals surface area contributed by atoms with Crippen molar-refractivity contribution in [1.82, 2.24) is 14.3 Å². The lowest BCUT2D eigenvalue weighted by molar-refractivity contribution is 0.0440. The van der Waals surface area contributed by atoms with E-state index in [9.17, 15) is 9.90 Å². The van der Waals surface area contributed by atoms with Gasteiger partial charge in [-0.2, -0.15) is 5.10 Å². The fourth-order valence-corrected chi connectivity index (χ4v) is 0.984. The lowest BCUT2D eigenvalue weighted by Gasteiger charge is -2.25. The molecule has 0 aliphatic carbocycles. The summed E-state index contributed by atoms with van der Waals surface area (Å²) in [7, 11) is 1.63. The molecule has 0 spiro atoms. The highest BCUT2D eigenvalue weighted by molar-refractivity contribution is 4.75. The SMILES string of the molecule is Cn1cnn(CC(O)C(C)(C)C)c1=O. The van der Waals surface area contributed by atoms with Crippen LogP contribution >= 0.6 is 0 Å². The van der Waals surface area contributed by atoms with Crippen molar-refractivity contribution in [3.05, 3.63) is 16.8 Å². The minimum atomic E-state index is -0.574. The molecule has 0 bridgehead atoms. The molecule has 0 fully saturated rings. The zero-order valence-electron chi connectivity index (χ0n) is 9.06. The molecule has 1 unspecified atom stereocenters. The van der Waals surface area contributed by atoms with Gasteiger partial charge < -0.3 is 5.11 Å². The van der Waals surface area contributed by atoms with Gasteiger partial charge in [-0.25, -0.2) is 9.48 Å². The third kappa shape index (κ3) is 2.23. The van der Waals surface area contributed by atoms with Gasteiger partial charge in [0.2, 0.25) is 0 Å². The molecule has 0 aliphatic heterocycles. The van der Waals surface area contributed by atoms with E-state index >= 15 is 0 Å². The van der Waals surface area contributed by atoms with Crippen LogP contribution in [0.3, 0.4) is 0 Å². The van der Waals surface area contributed by atoms with Gasteiger partial charge in [-0.3, -0.25) is 4.57 Å². The first-order valence-corrected chi connectivity index (χ1v) is 4.59. The Balaban J connectivity index is 2.80. The van der Waals surface area contributed by atoms with Crippen molar-refractivity contribution in [1.29, 1.82) is 0 Å². The summed E-state index contributed by atoms with van der Waals surface area (Å²) in [5, 5.41) is 13.6. The van der Waals surface area contributed by atoms with E-state index < -0.39 is 6.10 Å². The van der Waals surface area contributed by atoms with E-state index in [1.807, 2.05) is 20.8 Å². The molecule has 5 nitrogen and oxygen atoms in total. The second-order valence-electron chi connectivity index (χ2n) is 4.59. The maximum absolute atomic E-state index is 11.4. The van der Waals surface area contributed by atoms with Gasteiger partial charge in [0.15, 0.2) is 0 Å². The van der Waals surface area contributed by atoms with Crippen molar-refractivity contribution in [3.63, 3.8) is 0 Å². The maximum Gasteiger partial charge on any atom is 0.345 e. The van der Waals surface area contributed by atoms with Gasteiger partial charge in [0.05, 0.1) is 12.6 Å². The van der Waals surface area contributed by atoms with Gasteiger partial charge in [0, 0.05) is 7.05 Å². The van der Waals surface area contributed by atoms with Crippen LogP contribution in [0.1, 0.15) is 20.8 Å². The fourth-order valence-electron chi connectivity index (χ4n) is 0.984. The Bertz CT molecular complexity index is 359. The molecule has 1 aromatic rings. The molecule has 0 radical (unpaired) electrons. The molecule has 0 aliphatic rings. The molecule has 5 heteroatoms. The minimum Gasteiger partial charge on any atom is -0.391 e. The first-order chi connectivity index (χ1) is 6.32. The van der Waals surface area contributed by atoms with E-state index in [0.29, 0.717) is 0 Å². The number of aliphatic hydroxyl groups excluding tert-OH is 1. The lowest BCUT2D eigenvalue weighted by atomic mass is 9.89. The number of nitrogens with zero attached hydrogens (tertiary/aromatic N) is 3. The van der Waals surface area contributed by atoms with Crippen molar-refractivity contribution >= 4 is 0 Å². The second kappa shape index (κ2) is 3.57. The van der Waals surface area contributed by atoms with E-state index in [4.69, 9.17) is 0 Å². The van der Waals surface area contributed by atoms with Crippen LogP contribution < -0.4 is 5.69 Å². The Morgan fingerprint density at radius 2 is 2.14 bits per heavy atom. The standard InChI is InChI=1S/C9H17N3O2/c1-9(2,3)7(13)5-12-8(14)11(4)6-10-12/h6-7,13H,5H2,1-4H3. The second-order valence-corrected chi connectivity index (χ2v) is 4.59. The van der Waals surface area contributed by atoms with E-state index in [2.05, 4.69) is 5.10 Å².